The first kappa shape index (κ1) is 123. The predicted octanol–water partition coefficient (Wildman–Crippen LogP) is -4.03. The lowest BCUT2D eigenvalue weighted by Crippen LogP contribution is -2.64. The van der Waals surface area contributed by atoms with E-state index >= 15 is 14.4 Å². The van der Waals surface area contributed by atoms with Gasteiger partial charge >= 0.3 is 27.6 Å². The van der Waals surface area contributed by atoms with E-state index in [2.05, 4.69) is 74.4 Å². The lowest BCUT2D eigenvalue weighted by Gasteiger charge is -2.33. The van der Waals surface area contributed by atoms with Crippen molar-refractivity contribution in [3.8, 4) is 0 Å². The van der Waals surface area contributed by atoms with Gasteiger partial charge in [-0.1, -0.05) is 162 Å². The smallest absolute Gasteiger partial charge is 0.469 e. The highest BCUT2D eigenvalue weighted by Gasteiger charge is 2.45. The third-order valence-corrected chi connectivity index (χ3v) is 25.1. The van der Waals surface area contributed by atoms with Gasteiger partial charge in [-0.2, -0.15) is 11.8 Å². The first-order chi connectivity index (χ1) is 68.5. The molecule has 0 saturated carbocycles. The van der Waals surface area contributed by atoms with E-state index in [-0.39, 0.29) is 64.5 Å². The largest absolute Gasteiger partial charge is 0.481 e. The maximum Gasteiger partial charge on any atom is 0.469 e. The van der Waals surface area contributed by atoms with Crippen molar-refractivity contribution in [2.24, 2.45) is 34.8 Å². The molecule has 1 saturated heterocycles. The SMILES string of the molecule is CSCC[C@H](N)C(=O)N[C@H](C(=O)N[C@H](C(=O)N[C@H](C(=O)N[C@@H](Cc1ccccc1)C(=O)N[C@@H](Cc1ccccc1)C(=O)N[C@H](C(=O)N1CCC[C@H]1C(=O)N[C@@H](CO)C(=O)N[C@@H](CCC(=O)O)C(=O)N[C@@H](CO)C(=O)N[C@H](CCC(N)=O)C(=O)N[C@H](Cc1ccccc1)C(=O)N[C@@H](Cc1ccccc1)C(=O)N[C@@H](CCCCCN)C(=O)N[C@@H](CCCCN)C(=O)O)C(C)C)[C@@H](C)OP(=O)(O)O)[C@@H](C)OP(=O)(O)O)C(C)C. The van der Waals surface area contributed by atoms with Crippen LogP contribution < -0.4 is 97.4 Å². The highest BCUT2D eigenvalue weighted by Crippen LogP contribution is 2.40. The molecule has 4 aromatic rings. The summed E-state index contributed by atoms with van der Waals surface area (Å²) >= 11 is 1.38. The number of carboxylic acids is 2. The van der Waals surface area contributed by atoms with E-state index < -0.39 is 288 Å². The number of carbonyl (C=O) groups is 18. The van der Waals surface area contributed by atoms with Crippen LogP contribution >= 0.6 is 27.4 Å². The van der Waals surface area contributed by atoms with Crippen LogP contribution in [0.3, 0.4) is 0 Å². The van der Waals surface area contributed by atoms with Gasteiger partial charge < -0.3 is 142 Å². The van der Waals surface area contributed by atoms with Crippen LogP contribution in [0.4, 0.5) is 0 Å². The van der Waals surface area contributed by atoms with Gasteiger partial charge in [0.2, 0.25) is 94.5 Å². The number of nitrogens with one attached hydrogen (secondary N) is 14. The summed E-state index contributed by atoms with van der Waals surface area (Å²) in [5.41, 5.74) is 24.7. The van der Waals surface area contributed by atoms with Crippen molar-refractivity contribution in [1.82, 2.24) is 79.3 Å². The summed E-state index contributed by atoms with van der Waals surface area (Å²) in [5, 5.41) is 75.4. The molecule has 16 amide bonds. The van der Waals surface area contributed by atoms with Crippen molar-refractivity contribution in [2.75, 3.05) is 44.9 Å². The van der Waals surface area contributed by atoms with Crippen LogP contribution in [0.5, 0.6) is 0 Å². The van der Waals surface area contributed by atoms with Crippen LogP contribution in [-0.2, 0) is 130 Å². The maximum absolute atomic E-state index is 15.1. The fraction of sp³-hybridized carbons (Fsp3) is 0.548. The Labute approximate surface area is 842 Å². The molecule has 5 rings (SSSR count). The van der Waals surface area contributed by atoms with Crippen molar-refractivity contribution < 1.29 is 144 Å². The van der Waals surface area contributed by atoms with Crippen LogP contribution in [0.1, 0.15) is 154 Å². The number of aliphatic hydroxyl groups excluding tert-OH is 2. The van der Waals surface area contributed by atoms with Crippen molar-refractivity contribution in [3.05, 3.63) is 144 Å². The summed E-state index contributed by atoms with van der Waals surface area (Å²) in [5.74, 6) is -22.1. The van der Waals surface area contributed by atoms with Gasteiger partial charge in [-0.15, -0.1) is 0 Å². The Kier molecular flexibility index (Phi) is 53.1. The number of benzene rings is 4. The number of amides is 16. The zero-order chi connectivity index (χ0) is 108. The number of rotatable bonds is 66. The number of aliphatic carboxylic acids is 2. The Morgan fingerprint density at radius 1 is 0.386 bits per heavy atom. The molecule has 0 aliphatic carbocycles. The number of nitrogens with zero attached hydrogens (tertiary/aromatic N) is 1. The van der Waals surface area contributed by atoms with Crippen LogP contribution in [-0.4, -0.2) is 305 Å². The number of unbranched alkanes of at least 4 members (excludes halogenated alkanes) is 3. The summed E-state index contributed by atoms with van der Waals surface area (Å²) in [7, 11) is -11.2. The molecule has 0 unspecified atom stereocenters. The average molecular weight is 2100 g/mol. The molecule has 52 heteroatoms. The minimum absolute atomic E-state index is 0.0136. The fourth-order valence-corrected chi connectivity index (χ4v) is 17.0. The Morgan fingerprint density at radius 2 is 0.697 bits per heavy atom. The van der Waals surface area contributed by atoms with E-state index in [9.17, 15) is 121 Å². The quantitative estimate of drug-likeness (QED) is 0.0148. The first-order valence-electron chi connectivity index (χ1n) is 47.3. The van der Waals surface area contributed by atoms with Crippen LogP contribution in [0.15, 0.2) is 121 Å². The number of likely N-dealkylation sites (tertiary alicyclic amines) is 1. The number of thioether (sulfide) groups is 1. The summed E-state index contributed by atoms with van der Waals surface area (Å²) in [6.07, 6.45) is -4.08. The van der Waals surface area contributed by atoms with Crippen molar-refractivity contribution in [1.29, 1.82) is 0 Å². The molecule has 49 nitrogen and oxygen atoms in total. The van der Waals surface area contributed by atoms with Crippen LogP contribution in [0, 0.1) is 11.8 Å². The molecule has 1 aliphatic heterocycles. The second-order valence-corrected chi connectivity index (χ2v) is 38.9. The number of phosphoric acid groups is 2. The van der Waals surface area contributed by atoms with Gasteiger partial charge in [0.15, 0.2) is 0 Å². The zero-order valence-corrected chi connectivity index (χ0v) is 84.3. The summed E-state index contributed by atoms with van der Waals surface area (Å²) < 4.78 is 34.5. The number of primary amides is 1. The summed E-state index contributed by atoms with van der Waals surface area (Å²) in [4.78, 5) is 296. The second kappa shape index (κ2) is 62.5. The van der Waals surface area contributed by atoms with Gasteiger partial charge in [0.25, 0.3) is 0 Å². The normalized spacial score (nSPS) is 16.1. The van der Waals surface area contributed by atoms with Gasteiger partial charge in [0, 0.05) is 45.1 Å². The number of hydrogen-bond acceptors (Lipinski definition) is 28. The van der Waals surface area contributed by atoms with E-state index in [0.29, 0.717) is 66.7 Å². The molecule has 802 valence electrons. The second-order valence-electron chi connectivity index (χ2n) is 35.5. The highest BCUT2D eigenvalue weighted by molar-refractivity contribution is 7.98. The molecule has 30 N–H and O–H groups in total. The summed E-state index contributed by atoms with van der Waals surface area (Å²) in [6.45, 7) is 5.75. The molecular weight excluding hydrogens is 1960 g/mol. The molecule has 4 aromatic carbocycles. The standard InChI is InChI=1S/C93H139N19O30P2S/c1-52(2)74(108-78(118)60(96)41-45-145-7)89(129)110-77(55(6)142-144(138,139)140)91(131)111-76(54(5)141-143(135,136)137)90(130)105-67(48-58-30-17-10-18-31-58)84(124)104-68(49-59-32-19-11-20-33-59)85(125)109-75(53(3)4)92(132)112-44-25-36-71(112)88(128)107-70(51-114)87(127)100-63(38-40-73(116)117)81(121)106-69(50-113)86(126)99-62(37-39-72(97)115)80(120)102-66(47-57-28-15-9-16-29-57)83(123)103-65(46-56-26-13-8-14-27-56)82(122)98-61(34-21-12-23-42-94)79(119)101-64(93(133)134)35-22-24-43-95/h8-11,13-20,26-33,52-55,60-71,74-77,113-114H,12,21-25,34-51,94-96H2,1-7H3,(H2,97,115)(H,98,122)(H,99,126)(H,100,127)(H,101,119)(H,102,120)(H,103,123)(H,104,124)(H,105,130)(H,106,121)(H,107,128)(H,108,118)(H,109,125)(H,110,129)(H,111,131)(H,116,117)(H,133,134)(H2,135,136,137)(H2,138,139,140)/t54-,55-,60+,61+,62-,63+,64+,65+,66-,67+,68+,69+,70+,71+,74+,75+,76+,77+/m1/s1. The topological polar surface area (TPSA) is 797 Å². The molecule has 1 heterocycles. The van der Waals surface area contributed by atoms with E-state index in [1.807, 2.05) is 0 Å². The molecule has 0 bridgehead atoms. The van der Waals surface area contributed by atoms with E-state index in [4.69, 9.17) is 32.0 Å². The number of aliphatic hydroxyl groups is 2. The lowest BCUT2D eigenvalue weighted by molar-refractivity contribution is -0.143. The van der Waals surface area contributed by atoms with Crippen molar-refractivity contribution in [2.45, 2.75) is 266 Å². The van der Waals surface area contributed by atoms with E-state index in [1.165, 1.54) is 51.6 Å². The number of phosphoric ester groups is 2. The van der Waals surface area contributed by atoms with Gasteiger partial charge in [-0.3, -0.25) is 90.6 Å². The molecule has 18 atom stereocenters. The van der Waals surface area contributed by atoms with Crippen LogP contribution in [0.2, 0.25) is 0 Å². The van der Waals surface area contributed by atoms with Crippen molar-refractivity contribution >= 4 is 134 Å². The third-order valence-electron chi connectivity index (χ3n) is 23.3. The highest BCUT2D eigenvalue weighted by atomic mass is 32.2. The minimum atomic E-state index is -5.63. The molecule has 0 radical (unpaired) electrons. The van der Waals surface area contributed by atoms with Gasteiger partial charge in [-0.25, -0.2) is 13.9 Å². The van der Waals surface area contributed by atoms with Crippen molar-refractivity contribution in [3.63, 3.8) is 0 Å². The molecule has 1 fully saturated rings. The zero-order valence-electron chi connectivity index (χ0n) is 81.7. The third kappa shape index (κ3) is 43.9. The Bertz CT molecular complexity index is 5060. The van der Waals surface area contributed by atoms with E-state index in [0.717, 1.165) is 18.7 Å². The number of nitrogens with two attached hydrogens (primary N) is 4. The molecule has 1 aliphatic rings. The Hall–Kier alpha value is -12.3. The molecular formula is C93H139N19O30P2S. The number of hydrogen-bond donors (Lipinski definition) is 26. The molecule has 0 spiro atoms. The Morgan fingerprint density at radius 3 is 1.07 bits per heavy atom. The van der Waals surface area contributed by atoms with Crippen LogP contribution in [0.25, 0.3) is 0 Å². The molecule has 0 aromatic heterocycles. The number of carbonyl (C=O) groups excluding carboxylic acids is 16. The van der Waals surface area contributed by atoms with Gasteiger partial charge in [0.1, 0.15) is 90.6 Å². The Balaban J connectivity index is 1.39. The monoisotopic (exact) mass is 2100 g/mol. The number of carboxylic acid groups (broad SMARTS) is 2. The lowest BCUT2D eigenvalue weighted by atomic mass is 9.99. The summed E-state index contributed by atoms with van der Waals surface area (Å²) in [6, 6.07) is 4.62. The minimum Gasteiger partial charge on any atom is -0.481 e. The maximum atomic E-state index is 15.1. The first-order valence-corrected chi connectivity index (χ1v) is 51.8. The van der Waals surface area contributed by atoms with Gasteiger partial charge in [-0.05, 0) is 137 Å². The molecule has 145 heavy (non-hydrogen) atoms. The predicted molar refractivity (Wildman–Crippen MR) is 526 cm³/mol. The van der Waals surface area contributed by atoms with Gasteiger partial charge in [0.05, 0.1) is 31.5 Å². The average Bonchev–Trinajstić information content (AvgIpc) is 1.68. The van der Waals surface area contributed by atoms with E-state index in [1.54, 1.807) is 115 Å². The fourth-order valence-electron chi connectivity index (χ4n) is 15.4.